The van der Waals surface area contributed by atoms with Crippen LogP contribution in [0.25, 0.3) is 0 Å². The van der Waals surface area contributed by atoms with E-state index in [-0.39, 0.29) is 17.9 Å². The smallest absolute Gasteiger partial charge is 0.251 e. The zero-order valence-electron chi connectivity index (χ0n) is 11.2. The number of nitrogens with one attached hydrogen (secondary N) is 1. The van der Waals surface area contributed by atoms with E-state index in [2.05, 4.69) is 5.32 Å². The van der Waals surface area contributed by atoms with Gasteiger partial charge in [-0.25, -0.2) is 0 Å². The van der Waals surface area contributed by atoms with Gasteiger partial charge in [0.15, 0.2) is 0 Å². The van der Waals surface area contributed by atoms with Gasteiger partial charge < -0.3 is 16.2 Å². The average Bonchev–Trinajstić information content (AvgIpc) is 3.18. The quantitative estimate of drug-likeness (QED) is 0.688. The van der Waals surface area contributed by atoms with Crippen molar-refractivity contribution in [1.29, 1.82) is 0 Å². The highest BCUT2D eigenvalue weighted by Crippen LogP contribution is 2.47. The van der Waals surface area contributed by atoms with Crippen molar-refractivity contribution in [3.63, 3.8) is 0 Å². The fraction of sp³-hybridized carbons (Fsp3) is 0.533. The summed E-state index contributed by atoms with van der Waals surface area (Å²) in [6.07, 6.45) is 3.68. The topological polar surface area (TPSA) is 75.4 Å². The molecule has 1 fully saturated rings. The number of carbonyl (C=O) groups excluding carboxylic acids is 1. The monoisotopic (exact) mass is 262 g/mol. The molecule has 1 saturated carbocycles. The summed E-state index contributed by atoms with van der Waals surface area (Å²) in [5, 5.41) is 12.0. The Labute approximate surface area is 114 Å². The lowest BCUT2D eigenvalue weighted by Gasteiger charge is -2.15. The molecule has 19 heavy (non-hydrogen) atoms. The predicted octanol–water partition coefficient (Wildman–Crippen LogP) is 1.08. The van der Waals surface area contributed by atoms with Gasteiger partial charge in [-0.15, -0.1) is 0 Å². The van der Waals surface area contributed by atoms with Crippen LogP contribution in [0.15, 0.2) is 24.3 Å². The highest BCUT2D eigenvalue weighted by molar-refractivity contribution is 5.95. The average molecular weight is 262 g/mol. The molecule has 1 aromatic carbocycles. The Morgan fingerprint density at radius 1 is 1.37 bits per heavy atom. The molecule has 4 heteroatoms. The van der Waals surface area contributed by atoms with Gasteiger partial charge >= 0.3 is 0 Å². The van der Waals surface area contributed by atoms with Crippen molar-refractivity contribution in [3.05, 3.63) is 35.4 Å². The van der Waals surface area contributed by atoms with Crippen LogP contribution in [-0.2, 0) is 6.42 Å². The van der Waals surface area contributed by atoms with E-state index in [1.165, 1.54) is 0 Å². The Morgan fingerprint density at radius 2 is 2.11 bits per heavy atom. The van der Waals surface area contributed by atoms with Crippen molar-refractivity contribution in [1.82, 2.24) is 5.32 Å². The fourth-order valence-electron chi connectivity index (χ4n) is 2.41. The van der Waals surface area contributed by atoms with Crippen LogP contribution >= 0.6 is 0 Å². The first-order valence-corrected chi connectivity index (χ1v) is 6.88. The first kappa shape index (κ1) is 14.0. The lowest BCUT2D eigenvalue weighted by Crippen LogP contribution is -2.31. The number of rotatable bonds is 7. The molecular weight excluding hydrogens is 240 g/mol. The molecule has 1 aromatic rings. The third-order valence-corrected chi connectivity index (χ3v) is 3.90. The molecule has 1 aliphatic carbocycles. The van der Waals surface area contributed by atoms with E-state index >= 15 is 0 Å². The number of aliphatic hydroxyl groups is 1. The largest absolute Gasteiger partial charge is 0.396 e. The molecule has 104 valence electrons. The Bertz CT molecular complexity index is 442. The summed E-state index contributed by atoms with van der Waals surface area (Å²) < 4.78 is 0. The number of amides is 1. The van der Waals surface area contributed by atoms with Gasteiger partial charge in [-0.3, -0.25) is 4.79 Å². The Balaban J connectivity index is 1.96. The van der Waals surface area contributed by atoms with E-state index in [1.54, 1.807) is 0 Å². The molecule has 0 heterocycles. The summed E-state index contributed by atoms with van der Waals surface area (Å²) in [6.45, 7) is 1.39. The maximum absolute atomic E-state index is 12.2. The van der Waals surface area contributed by atoms with Crippen LogP contribution in [-0.4, -0.2) is 30.7 Å². The van der Waals surface area contributed by atoms with Gasteiger partial charge in [0, 0.05) is 18.7 Å². The summed E-state index contributed by atoms with van der Waals surface area (Å²) in [5.74, 6) is -0.0340. The molecule has 0 aliphatic heterocycles. The van der Waals surface area contributed by atoms with Crippen molar-refractivity contribution in [2.45, 2.75) is 25.7 Å². The van der Waals surface area contributed by atoms with Crippen LogP contribution < -0.4 is 11.1 Å². The first-order valence-electron chi connectivity index (χ1n) is 6.88. The Morgan fingerprint density at radius 3 is 2.74 bits per heavy atom. The van der Waals surface area contributed by atoms with Gasteiger partial charge in [-0.05, 0) is 49.3 Å². The number of hydrogen-bond donors (Lipinski definition) is 3. The van der Waals surface area contributed by atoms with E-state index in [4.69, 9.17) is 10.8 Å². The van der Waals surface area contributed by atoms with E-state index < -0.39 is 0 Å². The molecular formula is C15H22N2O2. The highest BCUT2D eigenvalue weighted by atomic mass is 16.3. The third kappa shape index (κ3) is 3.55. The van der Waals surface area contributed by atoms with Crippen molar-refractivity contribution < 1.29 is 9.90 Å². The summed E-state index contributed by atoms with van der Waals surface area (Å²) in [5.41, 5.74) is 7.42. The van der Waals surface area contributed by atoms with Crippen molar-refractivity contribution in [2.24, 2.45) is 11.1 Å². The van der Waals surface area contributed by atoms with Gasteiger partial charge in [0.2, 0.25) is 0 Å². The maximum Gasteiger partial charge on any atom is 0.251 e. The lowest BCUT2D eigenvalue weighted by molar-refractivity contribution is 0.0940. The fourth-order valence-corrected chi connectivity index (χ4v) is 2.41. The van der Waals surface area contributed by atoms with E-state index in [9.17, 15) is 4.79 Å². The zero-order valence-corrected chi connectivity index (χ0v) is 11.2. The van der Waals surface area contributed by atoms with Gasteiger partial charge in [0.05, 0.1) is 0 Å². The number of carbonyl (C=O) groups is 1. The van der Waals surface area contributed by atoms with E-state index in [0.29, 0.717) is 25.1 Å². The molecule has 1 aliphatic rings. The van der Waals surface area contributed by atoms with Crippen LogP contribution in [0.5, 0.6) is 0 Å². The van der Waals surface area contributed by atoms with Crippen molar-refractivity contribution in [2.75, 3.05) is 19.7 Å². The third-order valence-electron chi connectivity index (χ3n) is 3.90. The molecule has 0 bridgehead atoms. The number of benzene rings is 1. The SMILES string of the molecule is NCCc1ccccc1C(=O)NCC1(CCO)CC1. The summed E-state index contributed by atoms with van der Waals surface area (Å²) >= 11 is 0. The standard InChI is InChI=1S/C15H22N2O2/c16-9-5-12-3-1-2-4-13(12)14(19)17-11-15(6-7-15)8-10-18/h1-4,18H,5-11,16H2,(H,17,19). The van der Waals surface area contributed by atoms with E-state index in [1.807, 2.05) is 24.3 Å². The van der Waals surface area contributed by atoms with Crippen LogP contribution in [0.1, 0.15) is 35.2 Å². The molecule has 0 saturated heterocycles. The van der Waals surface area contributed by atoms with Gasteiger partial charge in [0.1, 0.15) is 0 Å². The summed E-state index contributed by atoms with van der Waals surface area (Å²) in [6, 6.07) is 7.58. The zero-order chi connectivity index (χ0) is 13.7. The Kier molecular flexibility index (Phi) is 4.56. The van der Waals surface area contributed by atoms with Crippen LogP contribution in [0.4, 0.5) is 0 Å². The predicted molar refractivity (Wildman–Crippen MR) is 74.9 cm³/mol. The summed E-state index contributed by atoms with van der Waals surface area (Å²) in [4.78, 5) is 12.2. The maximum atomic E-state index is 12.2. The molecule has 1 amide bonds. The second-order valence-corrected chi connectivity index (χ2v) is 5.35. The lowest BCUT2D eigenvalue weighted by atomic mass is 10.0. The summed E-state index contributed by atoms with van der Waals surface area (Å²) in [7, 11) is 0. The van der Waals surface area contributed by atoms with Gasteiger partial charge in [-0.2, -0.15) is 0 Å². The van der Waals surface area contributed by atoms with Crippen molar-refractivity contribution >= 4 is 5.91 Å². The molecule has 0 spiro atoms. The molecule has 4 N–H and O–H groups in total. The first-order chi connectivity index (χ1) is 9.21. The molecule has 0 atom stereocenters. The number of aliphatic hydroxyl groups excluding tert-OH is 1. The van der Waals surface area contributed by atoms with Gasteiger partial charge in [-0.1, -0.05) is 18.2 Å². The number of nitrogens with two attached hydrogens (primary N) is 1. The number of hydrogen-bond acceptors (Lipinski definition) is 3. The van der Waals surface area contributed by atoms with Crippen LogP contribution in [0.2, 0.25) is 0 Å². The highest BCUT2D eigenvalue weighted by Gasteiger charge is 2.41. The molecule has 0 aromatic heterocycles. The second kappa shape index (κ2) is 6.17. The second-order valence-electron chi connectivity index (χ2n) is 5.35. The minimum absolute atomic E-state index is 0.0340. The molecule has 4 nitrogen and oxygen atoms in total. The van der Waals surface area contributed by atoms with Gasteiger partial charge in [0.25, 0.3) is 5.91 Å². The minimum atomic E-state index is -0.0340. The van der Waals surface area contributed by atoms with Crippen molar-refractivity contribution in [3.8, 4) is 0 Å². The van der Waals surface area contributed by atoms with Crippen LogP contribution in [0.3, 0.4) is 0 Å². The molecule has 0 unspecified atom stereocenters. The normalized spacial score (nSPS) is 16.1. The Hall–Kier alpha value is -1.39. The van der Waals surface area contributed by atoms with E-state index in [0.717, 1.165) is 24.8 Å². The molecule has 0 radical (unpaired) electrons. The minimum Gasteiger partial charge on any atom is -0.396 e. The van der Waals surface area contributed by atoms with Crippen LogP contribution in [0, 0.1) is 5.41 Å². The molecule has 2 rings (SSSR count).